The fourth-order valence-electron chi connectivity index (χ4n) is 4.06. The quantitative estimate of drug-likeness (QED) is 0.644. The van der Waals surface area contributed by atoms with Gasteiger partial charge in [0.2, 0.25) is 12.3 Å². The summed E-state index contributed by atoms with van der Waals surface area (Å²) in [5, 5.41) is 0. The molecule has 2 heterocycles. The summed E-state index contributed by atoms with van der Waals surface area (Å²) in [7, 11) is 0. The summed E-state index contributed by atoms with van der Waals surface area (Å²) in [6.07, 6.45) is 6.13. The van der Waals surface area contributed by atoms with Crippen molar-refractivity contribution in [3.8, 4) is 0 Å². The molecule has 0 aliphatic heterocycles. The number of aromatic nitrogens is 2. The summed E-state index contributed by atoms with van der Waals surface area (Å²) in [6, 6.07) is 9.88. The van der Waals surface area contributed by atoms with Crippen LogP contribution in [-0.2, 0) is 13.0 Å². The van der Waals surface area contributed by atoms with Gasteiger partial charge in [0.1, 0.15) is 5.69 Å². The Labute approximate surface area is 131 Å². The van der Waals surface area contributed by atoms with Crippen LogP contribution in [0.4, 0.5) is 0 Å². The molecule has 2 aromatic heterocycles. The second-order valence-electron chi connectivity index (χ2n) is 7.21. The number of hydrogen-bond acceptors (Lipinski definition) is 2. The highest BCUT2D eigenvalue weighted by molar-refractivity contribution is 5.93. The van der Waals surface area contributed by atoms with Gasteiger partial charge in [-0.15, -0.1) is 0 Å². The molecule has 0 saturated heterocycles. The second-order valence-corrected chi connectivity index (χ2v) is 7.21. The SMILES string of the molecule is CC1(C)[C@@H]2Cc3nc(C(=O)C[n+]4ccccc4)ccc3[C@H]1C2. The van der Waals surface area contributed by atoms with E-state index in [0.29, 0.717) is 23.6 Å². The van der Waals surface area contributed by atoms with E-state index in [2.05, 4.69) is 19.9 Å². The van der Waals surface area contributed by atoms with Crippen LogP contribution in [0.25, 0.3) is 0 Å². The molecule has 22 heavy (non-hydrogen) atoms. The van der Waals surface area contributed by atoms with E-state index in [1.54, 1.807) is 0 Å². The van der Waals surface area contributed by atoms with E-state index < -0.39 is 0 Å². The highest BCUT2D eigenvalue weighted by atomic mass is 16.1. The maximum Gasteiger partial charge on any atom is 0.245 e. The van der Waals surface area contributed by atoms with Crippen molar-refractivity contribution in [3.05, 3.63) is 59.7 Å². The maximum absolute atomic E-state index is 12.4. The summed E-state index contributed by atoms with van der Waals surface area (Å²) in [5.74, 6) is 1.44. The van der Waals surface area contributed by atoms with E-state index in [4.69, 9.17) is 4.98 Å². The van der Waals surface area contributed by atoms with Gasteiger partial charge >= 0.3 is 0 Å². The van der Waals surface area contributed by atoms with Crippen LogP contribution in [0.15, 0.2) is 42.7 Å². The van der Waals surface area contributed by atoms with Crippen LogP contribution in [0.1, 0.15) is 47.9 Å². The van der Waals surface area contributed by atoms with Crippen molar-refractivity contribution >= 4 is 5.78 Å². The molecule has 112 valence electrons. The molecule has 0 radical (unpaired) electrons. The van der Waals surface area contributed by atoms with E-state index >= 15 is 0 Å². The van der Waals surface area contributed by atoms with Crippen molar-refractivity contribution in [2.24, 2.45) is 11.3 Å². The van der Waals surface area contributed by atoms with E-state index in [1.165, 1.54) is 12.0 Å². The van der Waals surface area contributed by atoms with E-state index in [9.17, 15) is 4.79 Å². The molecule has 1 saturated carbocycles. The molecular weight excluding hydrogens is 272 g/mol. The third kappa shape index (κ3) is 1.99. The van der Waals surface area contributed by atoms with Gasteiger partial charge in [-0.3, -0.25) is 4.79 Å². The minimum atomic E-state index is 0.0810. The summed E-state index contributed by atoms with van der Waals surface area (Å²) >= 11 is 0. The topological polar surface area (TPSA) is 33.8 Å². The van der Waals surface area contributed by atoms with E-state index in [0.717, 1.165) is 18.0 Å². The fraction of sp³-hybridized carbons (Fsp3) is 0.421. The lowest BCUT2D eigenvalue weighted by molar-refractivity contribution is -0.683. The number of Topliss-reactive ketones (excluding diaryl/α,β-unsaturated/α-hetero) is 1. The molecule has 3 aliphatic carbocycles. The standard InChI is InChI=1S/C19H21N2O/c1-19(2)13-10-15(19)14-6-7-16(20-17(14)11-13)18(22)12-21-8-4-3-5-9-21/h3-9,13,15H,10-12H2,1-2H3/q+1/t13-,15+/m0/s1. The zero-order valence-corrected chi connectivity index (χ0v) is 13.1. The van der Waals surface area contributed by atoms with Gasteiger partial charge in [0.25, 0.3) is 0 Å². The smallest absolute Gasteiger partial charge is 0.245 e. The molecule has 5 rings (SSSR count). The Hall–Kier alpha value is -2.03. The summed E-state index contributed by atoms with van der Waals surface area (Å²) < 4.78 is 1.89. The molecule has 0 N–H and O–H groups in total. The highest BCUT2D eigenvalue weighted by Gasteiger charge is 2.52. The Morgan fingerprint density at radius 3 is 2.77 bits per heavy atom. The Bertz CT molecular complexity index is 736. The van der Waals surface area contributed by atoms with Crippen molar-refractivity contribution in [3.63, 3.8) is 0 Å². The van der Waals surface area contributed by atoms with Crippen LogP contribution in [0.5, 0.6) is 0 Å². The van der Waals surface area contributed by atoms with Gasteiger partial charge in [0, 0.05) is 17.8 Å². The van der Waals surface area contributed by atoms with Crippen molar-refractivity contribution in [1.29, 1.82) is 0 Å². The Balaban J connectivity index is 1.59. The second kappa shape index (κ2) is 4.73. The monoisotopic (exact) mass is 293 g/mol. The molecule has 2 aromatic rings. The minimum Gasteiger partial charge on any atom is -0.285 e. The predicted molar refractivity (Wildman–Crippen MR) is 83.5 cm³/mol. The average molecular weight is 293 g/mol. The third-order valence-electron chi connectivity index (χ3n) is 5.68. The minimum absolute atomic E-state index is 0.0810. The lowest BCUT2D eigenvalue weighted by Gasteiger charge is -2.56. The van der Waals surface area contributed by atoms with Crippen LogP contribution in [-0.4, -0.2) is 10.8 Å². The fourth-order valence-corrected chi connectivity index (χ4v) is 4.06. The summed E-state index contributed by atoms with van der Waals surface area (Å²) in [5.41, 5.74) is 3.54. The zero-order valence-electron chi connectivity index (χ0n) is 13.1. The zero-order chi connectivity index (χ0) is 15.3. The van der Waals surface area contributed by atoms with Gasteiger partial charge in [-0.1, -0.05) is 26.0 Å². The summed E-state index contributed by atoms with van der Waals surface area (Å²) in [4.78, 5) is 17.1. The number of nitrogens with zero attached hydrogens (tertiary/aromatic N) is 2. The van der Waals surface area contributed by atoms with Crippen LogP contribution in [0.3, 0.4) is 0 Å². The molecule has 1 fully saturated rings. The van der Waals surface area contributed by atoms with Gasteiger partial charge in [0.15, 0.2) is 12.4 Å². The van der Waals surface area contributed by atoms with Crippen LogP contribution in [0, 0.1) is 11.3 Å². The third-order valence-corrected chi connectivity index (χ3v) is 5.68. The molecule has 2 atom stereocenters. The van der Waals surface area contributed by atoms with Crippen molar-refractivity contribution in [2.75, 3.05) is 0 Å². The molecular formula is C19H21N2O+. The van der Waals surface area contributed by atoms with E-state index in [1.807, 2.05) is 41.2 Å². The first kappa shape index (κ1) is 13.6. The highest BCUT2D eigenvalue weighted by Crippen LogP contribution is 2.61. The number of rotatable bonds is 3. The molecule has 3 nitrogen and oxygen atoms in total. The largest absolute Gasteiger partial charge is 0.285 e. The van der Waals surface area contributed by atoms with E-state index in [-0.39, 0.29) is 5.78 Å². The number of carbonyl (C=O) groups is 1. The molecule has 2 bridgehead atoms. The predicted octanol–water partition coefficient (Wildman–Crippen LogP) is 2.94. The number of pyridine rings is 2. The van der Waals surface area contributed by atoms with Gasteiger partial charge in [0.05, 0.1) is 0 Å². The molecule has 0 aromatic carbocycles. The Morgan fingerprint density at radius 1 is 1.27 bits per heavy atom. The van der Waals surface area contributed by atoms with Crippen LogP contribution < -0.4 is 4.57 Å². The lowest BCUT2D eigenvalue weighted by atomic mass is 9.48. The molecule has 0 amide bonds. The molecule has 0 spiro atoms. The molecule has 0 unspecified atom stereocenters. The Kier molecular flexibility index (Phi) is 2.93. The van der Waals surface area contributed by atoms with Crippen LogP contribution >= 0.6 is 0 Å². The van der Waals surface area contributed by atoms with Gasteiger partial charge in [-0.2, -0.15) is 4.57 Å². The average Bonchev–Trinajstić information content (AvgIpc) is 2.54. The number of carbonyl (C=O) groups excluding carboxylic acids is 1. The van der Waals surface area contributed by atoms with Gasteiger partial charge in [-0.05, 0) is 41.7 Å². The van der Waals surface area contributed by atoms with Gasteiger partial charge < -0.3 is 0 Å². The van der Waals surface area contributed by atoms with Crippen molar-refractivity contribution < 1.29 is 9.36 Å². The Morgan fingerprint density at radius 2 is 2.05 bits per heavy atom. The van der Waals surface area contributed by atoms with Gasteiger partial charge in [-0.25, -0.2) is 4.98 Å². The maximum atomic E-state index is 12.4. The van der Waals surface area contributed by atoms with Crippen molar-refractivity contribution in [2.45, 2.75) is 39.2 Å². The lowest BCUT2D eigenvalue weighted by Crippen LogP contribution is -2.48. The normalized spacial score (nSPS) is 24.3. The molecule has 3 aliphatic rings. The number of ketones is 1. The van der Waals surface area contributed by atoms with Crippen molar-refractivity contribution in [1.82, 2.24) is 4.98 Å². The first-order chi connectivity index (χ1) is 10.6. The first-order valence-electron chi connectivity index (χ1n) is 8.03. The number of hydrogen-bond donors (Lipinski definition) is 0. The first-order valence-corrected chi connectivity index (χ1v) is 8.03. The molecule has 3 heteroatoms. The van der Waals surface area contributed by atoms with Crippen LogP contribution in [0.2, 0.25) is 0 Å². The summed E-state index contributed by atoms with van der Waals surface area (Å²) in [6.45, 7) is 5.07.